The molecule has 0 unspecified atom stereocenters. The third kappa shape index (κ3) is 2.54. The highest BCUT2D eigenvalue weighted by molar-refractivity contribution is 7.99. The van der Waals surface area contributed by atoms with E-state index < -0.39 is 4.92 Å². The molecule has 7 nitrogen and oxygen atoms in total. The molecule has 0 aliphatic rings. The van der Waals surface area contributed by atoms with Crippen LogP contribution in [0, 0.1) is 10.1 Å². The number of carbonyl (C=O) groups is 1. The van der Waals surface area contributed by atoms with Crippen LogP contribution >= 0.6 is 11.8 Å². The summed E-state index contributed by atoms with van der Waals surface area (Å²) in [5, 5.41) is 17.5. The van der Waals surface area contributed by atoms with Crippen molar-refractivity contribution >= 4 is 23.2 Å². The lowest BCUT2D eigenvalue weighted by Crippen LogP contribution is -1.98. The van der Waals surface area contributed by atoms with Gasteiger partial charge >= 0.3 is 0 Å². The SMILES string of the molecule is CC(=O)c1cc([N+](=O)[O-])ccc1Sc1ncn[nH]1. The summed E-state index contributed by atoms with van der Waals surface area (Å²) in [5.41, 5.74) is 0.188. The number of aromatic nitrogens is 3. The highest BCUT2D eigenvalue weighted by atomic mass is 32.2. The van der Waals surface area contributed by atoms with E-state index in [-0.39, 0.29) is 11.5 Å². The van der Waals surface area contributed by atoms with Crippen LogP contribution in [0.1, 0.15) is 17.3 Å². The number of hydrogen-bond acceptors (Lipinski definition) is 6. The lowest BCUT2D eigenvalue weighted by Gasteiger charge is -2.04. The number of nitrogens with one attached hydrogen (secondary N) is 1. The predicted octanol–water partition coefficient (Wildman–Crippen LogP) is 2.07. The van der Waals surface area contributed by atoms with Gasteiger partial charge in [0.1, 0.15) is 6.33 Å². The van der Waals surface area contributed by atoms with E-state index >= 15 is 0 Å². The number of nitro groups is 1. The second-order valence-corrected chi connectivity index (χ2v) is 4.42. The van der Waals surface area contributed by atoms with Crippen molar-refractivity contribution in [2.24, 2.45) is 0 Å². The van der Waals surface area contributed by atoms with Crippen molar-refractivity contribution in [3.8, 4) is 0 Å². The van der Waals surface area contributed by atoms with Gasteiger partial charge in [-0.3, -0.25) is 20.0 Å². The van der Waals surface area contributed by atoms with Crippen LogP contribution < -0.4 is 0 Å². The van der Waals surface area contributed by atoms with Gasteiger partial charge < -0.3 is 0 Å². The zero-order chi connectivity index (χ0) is 13.1. The standard InChI is InChI=1S/C10H8N4O3S/c1-6(15)8-4-7(14(16)17)2-3-9(8)18-10-11-5-12-13-10/h2-5H,1H3,(H,11,12,13). The van der Waals surface area contributed by atoms with Crippen molar-refractivity contribution in [3.63, 3.8) is 0 Å². The van der Waals surface area contributed by atoms with Crippen LogP contribution in [-0.2, 0) is 0 Å². The summed E-state index contributed by atoms with van der Waals surface area (Å²) in [6.45, 7) is 1.36. The van der Waals surface area contributed by atoms with E-state index in [4.69, 9.17) is 0 Å². The van der Waals surface area contributed by atoms with Gasteiger partial charge in [0.2, 0.25) is 0 Å². The Balaban J connectivity index is 2.40. The molecule has 0 bridgehead atoms. The highest BCUT2D eigenvalue weighted by Crippen LogP contribution is 2.30. The van der Waals surface area contributed by atoms with E-state index in [0.717, 1.165) is 0 Å². The number of ketones is 1. The second kappa shape index (κ2) is 4.96. The Kier molecular flexibility index (Phi) is 3.38. The molecule has 0 atom stereocenters. The van der Waals surface area contributed by atoms with E-state index in [0.29, 0.717) is 15.6 Å². The van der Waals surface area contributed by atoms with Crippen LogP contribution in [0.5, 0.6) is 0 Å². The van der Waals surface area contributed by atoms with Gasteiger partial charge in [-0.05, 0) is 24.8 Å². The lowest BCUT2D eigenvalue weighted by molar-refractivity contribution is -0.384. The summed E-state index contributed by atoms with van der Waals surface area (Å²) in [6.07, 6.45) is 1.35. The van der Waals surface area contributed by atoms with Crippen molar-refractivity contribution < 1.29 is 9.72 Å². The molecule has 0 amide bonds. The van der Waals surface area contributed by atoms with Crippen LogP contribution in [0.2, 0.25) is 0 Å². The van der Waals surface area contributed by atoms with Gasteiger partial charge in [-0.25, -0.2) is 4.98 Å². The molecule has 2 aromatic rings. The van der Waals surface area contributed by atoms with E-state index in [1.165, 1.54) is 43.2 Å². The summed E-state index contributed by atoms with van der Waals surface area (Å²) in [6, 6.07) is 4.15. The minimum absolute atomic E-state index is 0.109. The zero-order valence-corrected chi connectivity index (χ0v) is 10.1. The Labute approximate surface area is 106 Å². The van der Waals surface area contributed by atoms with Gasteiger partial charge in [0.05, 0.1) is 4.92 Å². The van der Waals surface area contributed by atoms with E-state index in [2.05, 4.69) is 15.2 Å². The number of nitrogens with zero attached hydrogens (tertiary/aromatic N) is 3. The van der Waals surface area contributed by atoms with Gasteiger partial charge in [-0.2, -0.15) is 5.10 Å². The maximum absolute atomic E-state index is 11.5. The molecule has 1 N–H and O–H groups in total. The molecule has 0 saturated heterocycles. The third-order valence-electron chi connectivity index (χ3n) is 2.15. The van der Waals surface area contributed by atoms with Crippen molar-refractivity contribution in [1.82, 2.24) is 15.2 Å². The molecule has 1 heterocycles. The van der Waals surface area contributed by atoms with Crippen molar-refractivity contribution in [3.05, 3.63) is 40.2 Å². The number of non-ortho nitro benzene ring substituents is 1. The van der Waals surface area contributed by atoms with Gasteiger partial charge in [-0.15, -0.1) is 0 Å². The van der Waals surface area contributed by atoms with Crippen molar-refractivity contribution in [2.75, 3.05) is 0 Å². The lowest BCUT2D eigenvalue weighted by atomic mass is 10.1. The molecular weight excluding hydrogens is 256 g/mol. The molecule has 2 rings (SSSR count). The topological polar surface area (TPSA) is 102 Å². The van der Waals surface area contributed by atoms with E-state index in [9.17, 15) is 14.9 Å². The molecule has 0 fully saturated rings. The Morgan fingerprint density at radius 1 is 1.50 bits per heavy atom. The number of hydrogen-bond donors (Lipinski definition) is 1. The van der Waals surface area contributed by atoms with Crippen LogP contribution in [0.15, 0.2) is 34.6 Å². The van der Waals surface area contributed by atoms with Gasteiger partial charge in [0.25, 0.3) is 5.69 Å². The van der Waals surface area contributed by atoms with Crippen LogP contribution in [0.25, 0.3) is 0 Å². The van der Waals surface area contributed by atoms with E-state index in [1.54, 1.807) is 0 Å². The van der Waals surface area contributed by atoms with Gasteiger partial charge in [0.15, 0.2) is 10.9 Å². The molecule has 1 aromatic heterocycles. The average molecular weight is 264 g/mol. The van der Waals surface area contributed by atoms with Crippen LogP contribution in [0.4, 0.5) is 5.69 Å². The fourth-order valence-electron chi connectivity index (χ4n) is 1.34. The number of aromatic amines is 1. The fourth-order valence-corrected chi connectivity index (χ4v) is 2.20. The molecule has 92 valence electrons. The molecule has 0 aliphatic heterocycles. The first-order valence-electron chi connectivity index (χ1n) is 4.90. The average Bonchev–Trinajstić information content (AvgIpc) is 2.81. The minimum atomic E-state index is -0.532. The largest absolute Gasteiger partial charge is 0.294 e. The van der Waals surface area contributed by atoms with Crippen molar-refractivity contribution in [1.29, 1.82) is 0 Å². The fraction of sp³-hybridized carbons (Fsp3) is 0.100. The number of rotatable bonds is 4. The molecule has 8 heteroatoms. The summed E-state index contributed by atoms with van der Waals surface area (Å²) in [4.78, 5) is 26.1. The smallest absolute Gasteiger partial charge is 0.270 e. The Bertz CT molecular complexity index is 597. The molecular formula is C10H8N4O3S. The third-order valence-corrected chi connectivity index (χ3v) is 3.12. The molecule has 0 saturated carbocycles. The maximum atomic E-state index is 11.5. The Morgan fingerprint density at radius 3 is 2.83 bits per heavy atom. The Morgan fingerprint density at radius 2 is 2.28 bits per heavy atom. The first kappa shape index (κ1) is 12.2. The Hall–Kier alpha value is -2.22. The number of benzene rings is 1. The summed E-state index contributed by atoms with van der Waals surface area (Å²) in [5.74, 6) is -0.235. The normalized spacial score (nSPS) is 10.3. The summed E-state index contributed by atoms with van der Waals surface area (Å²) >= 11 is 1.20. The van der Waals surface area contributed by atoms with Gasteiger partial charge in [-0.1, -0.05) is 0 Å². The second-order valence-electron chi connectivity index (χ2n) is 3.39. The number of Topliss-reactive ketones (excluding diaryl/α,β-unsaturated/α-hetero) is 1. The first-order chi connectivity index (χ1) is 8.58. The first-order valence-corrected chi connectivity index (χ1v) is 5.72. The number of carbonyl (C=O) groups excluding carboxylic acids is 1. The molecule has 18 heavy (non-hydrogen) atoms. The van der Waals surface area contributed by atoms with E-state index in [1.807, 2.05) is 0 Å². The molecule has 0 aliphatic carbocycles. The summed E-state index contributed by atoms with van der Waals surface area (Å²) < 4.78 is 0. The minimum Gasteiger partial charge on any atom is -0.294 e. The van der Waals surface area contributed by atoms with Crippen molar-refractivity contribution in [2.45, 2.75) is 17.0 Å². The van der Waals surface area contributed by atoms with Gasteiger partial charge in [0, 0.05) is 22.6 Å². The zero-order valence-electron chi connectivity index (χ0n) is 9.28. The monoisotopic (exact) mass is 264 g/mol. The molecule has 1 aromatic carbocycles. The molecule has 0 radical (unpaired) electrons. The van der Waals surface area contributed by atoms with Crippen LogP contribution in [-0.4, -0.2) is 25.9 Å². The van der Waals surface area contributed by atoms with Crippen LogP contribution in [0.3, 0.4) is 0 Å². The quantitative estimate of drug-likeness (QED) is 0.515. The number of H-pyrrole nitrogens is 1. The predicted molar refractivity (Wildman–Crippen MR) is 63.6 cm³/mol. The number of nitro benzene ring substituents is 1. The molecule has 0 spiro atoms. The highest BCUT2D eigenvalue weighted by Gasteiger charge is 2.15. The summed E-state index contributed by atoms with van der Waals surface area (Å²) in [7, 11) is 0. The maximum Gasteiger partial charge on any atom is 0.270 e.